The van der Waals surface area contributed by atoms with Crippen LogP contribution in [0.5, 0.6) is 0 Å². The molecule has 0 heterocycles. The Labute approximate surface area is 137 Å². The van der Waals surface area contributed by atoms with Crippen molar-refractivity contribution in [1.82, 2.24) is 5.32 Å². The van der Waals surface area contributed by atoms with Gasteiger partial charge in [0.2, 0.25) is 0 Å². The first kappa shape index (κ1) is 17.0. The smallest absolute Gasteiger partial charge is 0.311 e. The van der Waals surface area contributed by atoms with Crippen molar-refractivity contribution >= 4 is 11.9 Å². The first-order valence-electron chi connectivity index (χ1n) is 7.90. The first-order chi connectivity index (χ1) is 11.1. The van der Waals surface area contributed by atoms with Gasteiger partial charge in [0.1, 0.15) is 0 Å². The Balaban J connectivity index is 2.23. The molecule has 0 aromatic heterocycles. The van der Waals surface area contributed by atoms with Crippen molar-refractivity contribution < 1.29 is 14.3 Å². The zero-order valence-electron chi connectivity index (χ0n) is 13.4. The van der Waals surface area contributed by atoms with E-state index in [1.807, 2.05) is 18.2 Å². The average molecular weight is 313 g/mol. The first-order valence-corrected chi connectivity index (χ1v) is 7.90. The Morgan fingerprint density at radius 2 is 1.87 bits per heavy atom. The van der Waals surface area contributed by atoms with E-state index in [9.17, 15) is 9.59 Å². The van der Waals surface area contributed by atoms with Crippen LogP contribution in [0, 0.1) is 17.8 Å². The number of carbonyl (C=O) groups is 2. The zero-order chi connectivity index (χ0) is 16.8. The number of allylic oxidation sites excluding steroid dienone is 1. The van der Waals surface area contributed by atoms with Gasteiger partial charge in [-0.3, -0.25) is 9.59 Å². The fourth-order valence-electron chi connectivity index (χ4n) is 3.21. The largest absolute Gasteiger partial charge is 0.466 e. The molecule has 1 amide bonds. The molecule has 1 aromatic carbocycles. The molecular weight excluding hydrogens is 290 g/mol. The number of esters is 1. The molecule has 4 heteroatoms. The highest BCUT2D eigenvalue weighted by Crippen LogP contribution is 2.39. The van der Waals surface area contributed by atoms with Crippen LogP contribution in [0.3, 0.4) is 0 Å². The van der Waals surface area contributed by atoms with Gasteiger partial charge in [-0.2, -0.15) is 0 Å². The van der Waals surface area contributed by atoms with Crippen LogP contribution >= 0.6 is 0 Å². The van der Waals surface area contributed by atoms with Crippen LogP contribution < -0.4 is 5.32 Å². The minimum absolute atomic E-state index is 0.0140. The topological polar surface area (TPSA) is 55.4 Å². The Hall–Kier alpha value is -2.36. The second-order valence-electron chi connectivity index (χ2n) is 5.68. The molecule has 2 rings (SSSR count). The predicted molar refractivity (Wildman–Crippen MR) is 89.8 cm³/mol. The molecule has 0 unspecified atom stereocenters. The highest BCUT2D eigenvalue weighted by molar-refractivity contribution is 5.94. The molecule has 1 aliphatic carbocycles. The van der Waals surface area contributed by atoms with Crippen molar-refractivity contribution in [3.05, 3.63) is 61.2 Å². The molecule has 0 bridgehead atoms. The van der Waals surface area contributed by atoms with E-state index in [0.717, 1.165) is 6.42 Å². The van der Waals surface area contributed by atoms with E-state index in [1.54, 1.807) is 31.2 Å². The van der Waals surface area contributed by atoms with Crippen LogP contribution in [0.25, 0.3) is 0 Å². The minimum Gasteiger partial charge on any atom is -0.466 e. The summed E-state index contributed by atoms with van der Waals surface area (Å²) in [5.74, 6) is -0.928. The lowest BCUT2D eigenvalue weighted by molar-refractivity contribution is -0.149. The molecule has 23 heavy (non-hydrogen) atoms. The highest BCUT2D eigenvalue weighted by atomic mass is 16.5. The summed E-state index contributed by atoms with van der Waals surface area (Å²) in [6.07, 6.45) is 4.30. The molecule has 1 saturated carbocycles. The third-order valence-corrected chi connectivity index (χ3v) is 4.35. The second-order valence-corrected chi connectivity index (χ2v) is 5.68. The van der Waals surface area contributed by atoms with Gasteiger partial charge in [-0.05, 0) is 37.3 Å². The van der Waals surface area contributed by atoms with Crippen LogP contribution in [-0.2, 0) is 9.53 Å². The lowest BCUT2D eigenvalue weighted by Gasteiger charge is -2.24. The summed E-state index contributed by atoms with van der Waals surface area (Å²) in [4.78, 5) is 24.8. The van der Waals surface area contributed by atoms with Gasteiger partial charge in [0.05, 0.1) is 12.5 Å². The van der Waals surface area contributed by atoms with Crippen LogP contribution in [0.1, 0.15) is 23.7 Å². The molecule has 0 spiro atoms. The van der Waals surface area contributed by atoms with Gasteiger partial charge in [0.15, 0.2) is 0 Å². The van der Waals surface area contributed by atoms with Gasteiger partial charge in [0, 0.05) is 11.6 Å². The minimum atomic E-state index is -0.428. The predicted octanol–water partition coefficient (Wildman–Crippen LogP) is 2.97. The van der Waals surface area contributed by atoms with Gasteiger partial charge in [-0.1, -0.05) is 30.4 Å². The maximum atomic E-state index is 12.5. The number of hydrogen-bond acceptors (Lipinski definition) is 3. The summed E-state index contributed by atoms with van der Waals surface area (Å²) < 4.78 is 5.20. The van der Waals surface area contributed by atoms with E-state index in [-0.39, 0.29) is 29.8 Å². The maximum Gasteiger partial charge on any atom is 0.311 e. The molecule has 1 aromatic rings. The Bertz CT molecular complexity index is 582. The summed E-state index contributed by atoms with van der Waals surface area (Å²) in [6, 6.07) is 8.64. The fourth-order valence-corrected chi connectivity index (χ4v) is 3.21. The molecule has 1 fully saturated rings. The van der Waals surface area contributed by atoms with Gasteiger partial charge in [0.25, 0.3) is 5.91 Å². The standard InChI is InChI=1S/C19H23NO3/c1-4-13-12-14(5-2)17(16(13)19(22)23-6-3)20-18(21)15-10-8-7-9-11-15/h4-5,7-11,13-14,16-17H,1-2,6,12H2,3H3,(H,20,21)/t13-,14+,16+,17+/m1/s1. The number of ether oxygens (including phenoxy) is 1. The summed E-state index contributed by atoms with van der Waals surface area (Å²) in [6.45, 7) is 9.76. The van der Waals surface area contributed by atoms with Gasteiger partial charge in [-0.15, -0.1) is 13.2 Å². The number of hydrogen-bond donors (Lipinski definition) is 1. The number of carbonyl (C=O) groups excluding carboxylic acids is 2. The summed E-state index contributed by atoms with van der Waals surface area (Å²) in [5.41, 5.74) is 0.569. The molecule has 122 valence electrons. The number of nitrogens with one attached hydrogen (secondary N) is 1. The Morgan fingerprint density at radius 3 is 2.43 bits per heavy atom. The van der Waals surface area contributed by atoms with Crippen LogP contribution in [0.15, 0.2) is 55.6 Å². The molecule has 0 aliphatic heterocycles. The molecule has 0 radical (unpaired) electrons. The van der Waals surface area contributed by atoms with E-state index in [0.29, 0.717) is 12.2 Å². The normalized spacial score (nSPS) is 26.3. The number of rotatable bonds is 6. The second kappa shape index (κ2) is 7.77. The monoisotopic (exact) mass is 313 g/mol. The third-order valence-electron chi connectivity index (χ3n) is 4.35. The third kappa shape index (κ3) is 3.70. The van der Waals surface area contributed by atoms with E-state index >= 15 is 0 Å². The van der Waals surface area contributed by atoms with E-state index in [2.05, 4.69) is 18.5 Å². The van der Waals surface area contributed by atoms with Gasteiger partial charge >= 0.3 is 5.97 Å². The van der Waals surface area contributed by atoms with Crippen molar-refractivity contribution in [2.45, 2.75) is 19.4 Å². The molecule has 0 saturated heterocycles. The number of amides is 1. The van der Waals surface area contributed by atoms with Crippen molar-refractivity contribution in [1.29, 1.82) is 0 Å². The van der Waals surface area contributed by atoms with Crippen molar-refractivity contribution in [2.75, 3.05) is 6.61 Å². The van der Waals surface area contributed by atoms with Crippen molar-refractivity contribution in [3.8, 4) is 0 Å². The SMILES string of the molecule is C=C[C@@H]1C[C@H](C=C)[C@H](NC(=O)c2ccccc2)[C@H]1C(=O)OCC. The Kier molecular flexibility index (Phi) is 5.74. The van der Waals surface area contributed by atoms with E-state index in [4.69, 9.17) is 4.74 Å². The van der Waals surface area contributed by atoms with Crippen LogP contribution in [0.4, 0.5) is 0 Å². The van der Waals surface area contributed by atoms with Crippen molar-refractivity contribution in [3.63, 3.8) is 0 Å². The van der Waals surface area contributed by atoms with E-state index < -0.39 is 5.92 Å². The average Bonchev–Trinajstić information content (AvgIpc) is 2.93. The molecule has 4 nitrogen and oxygen atoms in total. The summed E-state index contributed by atoms with van der Waals surface area (Å²) in [5, 5.41) is 2.99. The lowest BCUT2D eigenvalue weighted by Crippen LogP contribution is -2.45. The van der Waals surface area contributed by atoms with Crippen LogP contribution in [-0.4, -0.2) is 24.5 Å². The molecular formula is C19H23NO3. The lowest BCUT2D eigenvalue weighted by atomic mass is 9.92. The number of benzene rings is 1. The van der Waals surface area contributed by atoms with Crippen LogP contribution in [0.2, 0.25) is 0 Å². The van der Waals surface area contributed by atoms with E-state index in [1.165, 1.54) is 0 Å². The zero-order valence-corrected chi connectivity index (χ0v) is 13.4. The maximum absolute atomic E-state index is 12.5. The Morgan fingerprint density at radius 1 is 1.22 bits per heavy atom. The van der Waals surface area contributed by atoms with Gasteiger partial charge < -0.3 is 10.1 Å². The molecule has 4 atom stereocenters. The highest BCUT2D eigenvalue weighted by Gasteiger charge is 2.46. The fraction of sp³-hybridized carbons (Fsp3) is 0.368. The summed E-state index contributed by atoms with van der Waals surface area (Å²) in [7, 11) is 0. The molecule has 1 aliphatic rings. The van der Waals surface area contributed by atoms with Gasteiger partial charge in [-0.25, -0.2) is 0 Å². The van der Waals surface area contributed by atoms with Crippen molar-refractivity contribution in [2.24, 2.45) is 17.8 Å². The molecule has 1 N–H and O–H groups in total. The quantitative estimate of drug-likeness (QED) is 0.649. The summed E-state index contributed by atoms with van der Waals surface area (Å²) >= 11 is 0.